The van der Waals surface area contributed by atoms with Crippen molar-refractivity contribution in [2.75, 3.05) is 6.26 Å². The third-order valence-electron chi connectivity index (χ3n) is 3.64. The molecule has 0 radical (unpaired) electrons. The molecule has 0 aliphatic rings. The molecule has 0 amide bonds. The maximum atomic E-state index is 13.1. The first-order valence-electron chi connectivity index (χ1n) is 7.29. The second-order valence-corrected chi connectivity index (χ2v) is 8.52. The lowest BCUT2D eigenvalue weighted by atomic mass is 10.2. The van der Waals surface area contributed by atoms with Crippen LogP contribution in [0.2, 0.25) is 0 Å². The predicted octanol–water partition coefficient (Wildman–Crippen LogP) is 4.72. The summed E-state index contributed by atoms with van der Waals surface area (Å²) in [6.45, 7) is 0. The van der Waals surface area contributed by atoms with Gasteiger partial charge in [-0.2, -0.15) is 13.2 Å². The van der Waals surface area contributed by atoms with Gasteiger partial charge in [-0.05, 0) is 36.4 Å². The monoisotopic (exact) mass is 444 g/mol. The number of halogens is 4. The summed E-state index contributed by atoms with van der Waals surface area (Å²) >= 11 is 3.28. The molecule has 0 saturated carbocycles. The van der Waals surface area contributed by atoms with Crippen molar-refractivity contribution < 1.29 is 21.6 Å². The Labute approximate surface area is 156 Å². The van der Waals surface area contributed by atoms with E-state index in [2.05, 4.69) is 20.9 Å². The Balaban J connectivity index is 2.16. The maximum absolute atomic E-state index is 13.1. The Kier molecular flexibility index (Phi) is 4.70. The number of aromatic nitrogens is 2. The van der Waals surface area contributed by atoms with Crippen LogP contribution in [-0.4, -0.2) is 24.2 Å². The summed E-state index contributed by atoms with van der Waals surface area (Å²) in [4.78, 5) is 3.82. The van der Waals surface area contributed by atoms with E-state index in [1.165, 1.54) is 28.8 Å². The van der Waals surface area contributed by atoms with Crippen LogP contribution in [0.4, 0.5) is 13.2 Å². The highest BCUT2D eigenvalue weighted by molar-refractivity contribution is 9.10. The third kappa shape index (κ3) is 3.83. The molecule has 0 unspecified atom stereocenters. The molecule has 4 nitrogen and oxygen atoms in total. The molecule has 3 rings (SSSR count). The van der Waals surface area contributed by atoms with Gasteiger partial charge in [-0.15, -0.1) is 0 Å². The van der Waals surface area contributed by atoms with Crippen molar-refractivity contribution in [1.29, 1.82) is 0 Å². The van der Waals surface area contributed by atoms with E-state index in [0.717, 1.165) is 16.9 Å². The molecule has 9 heteroatoms. The first kappa shape index (κ1) is 18.7. The van der Waals surface area contributed by atoms with Gasteiger partial charge >= 0.3 is 6.18 Å². The number of imidazole rings is 1. The standard InChI is InChI=1S/C17H12BrF3N2O2S/c1-26(24,25)14-8-6-13(7-9-14)23-10-15(17(19,20)21)22-16(23)11-2-4-12(18)5-3-11/h2-10H,1H3. The summed E-state index contributed by atoms with van der Waals surface area (Å²) in [5, 5.41) is 0. The molecular formula is C17H12BrF3N2O2S. The molecule has 0 bridgehead atoms. The highest BCUT2D eigenvalue weighted by Crippen LogP contribution is 2.33. The van der Waals surface area contributed by atoms with E-state index in [9.17, 15) is 21.6 Å². The SMILES string of the molecule is CS(=O)(=O)c1ccc(-n2cc(C(F)(F)F)nc2-c2ccc(Br)cc2)cc1. The van der Waals surface area contributed by atoms with Crippen molar-refractivity contribution in [2.45, 2.75) is 11.1 Å². The van der Waals surface area contributed by atoms with Gasteiger partial charge in [0.1, 0.15) is 5.82 Å². The molecule has 26 heavy (non-hydrogen) atoms. The molecule has 0 aliphatic heterocycles. The third-order valence-corrected chi connectivity index (χ3v) is 5.30. The lowest BCUT2D eigenvalue weighted by Crippen LogP contribution is -2.05. The van der Waals surface area contributed by atoms with Crippen LogP contribution in [0.3, 0.4) is 0 Å². The maximum Gasteiger partial charge on any atom is 0.434 e. The van der Waals surface area contributed by atoms with E-state index < -0.39 is 21.7 Å². The summed E-state index contributed by atoms with van der Waals surface area (Å²) in [7, 11) is -3.40. The van der Waals surface area contributed by atoms with Crippen LogP contribution in [0.1, 0.15) is 5.69 Å². The Hall–Kier alpha value is -2.13. The van der Waals surface area contributed by atoms with E-state index in [-0.39, 0.29) is 10.7 Å². The van der Waals surface area contributed by atoms with Gasteiger partial charge in [0, 0.05) is 28.2 Å². The van der Waals surface area contributed by atoms with Crippen molar-refractivity contribution in [3.63, 3.8) is 0 Å². The van der Waals surface area contributed by atoms with Crippen LogP contribution in [0.15, 0.2) is 64.1 Å². The van der Waals surface area contributed by atoms with Gasteiger partial charge in [-0.25, -0.2) is 13.4 Å². The molecule has 0 fully saturated rings. The summed E-state index contributed by atoms with van der Waals surface area (Å²) < 4.78 is 64.6. The van der Waals surface area contributed by atoms with Gasteiger partial charge in [0.25, 0.3) is 0 Å². The molecule has 0 N–H and O–H groups in total. The van der Waals surface area contributed by atoms with Crippen LogP contribution in [-0.2, 0) is 16.0 Å². The van der Waals surface area contributed by atoms with Crippen LogP contribution >= 0.6 is 15.9 Å². The molecular weight excluding hydrogens is 433 g/mol. The molecule has 2 aromatic carbocycles. The lowest BCUT2D eigenvalue weighted by Gasteiger charge is -2.09. The minimum Gasteiger partial charge on any atom is -0.299 e. The number of sulfone groups is 1. The predicted molar refractivity (Wildman–Crippen MR) is 94.8 cm³/mol. The van der Waals surface area contributed by atoms with Crippen molar-refractivity contribution >= 4 is 25.8 Å². The fourth-order valence-electron chi connectivity index (χ4n) is 2.37. The molecule has 0 spiro atoms. The lowest BCUT2D eigenvalue weighted by molar-refractivity contribution is -0.140. The molecule has 3 aromatic rings. The highest BCUT2D eigenvalue weighted by atomic mass is 79.9. The number of alkyl halides is 3. The average molecular weight is 445 g/mol. The van der Waals surface area contributed by atoms with E-state index >= 15 is 0 Å². The zero-order valence-electron chi connectivity index (χ0n) is 13.3. The Morgan fingerprint density at radius 1 is 1.00 bits per heavy atom. The molecule has 136 valence electrons. The molecule has 1 heterocycles. The Bertz CT molecular complexity index is 1040. The van der Waals surface area contributed by atoms with Gasteiger partial charge in [-0.3, -0.25) is 4.57 Å². The van der Waals surface area contributed by atoms with Gasteiger partial charge in [0.15, 0.2) is 15.5 Å². The second-order valence-electron chi connectivity index (χ2n) is 5.59. The highest BCUT2D eigenvalue weighted by Gasteiger charge is 2.35. The first-order valence-corrected chi connectivity index (χ1v) is 9.97. The first-order chi connectivity index (χ1) is 12.1. The zero-order valence-corrected chi connectivity index (χ0v) is 15.7. The van der Waals surface area contributed by atoms with Crippen molar-refractivity contribution in [3.8, 4) is 17.1 Å². The fourth-order valence-corrected chi connectivity index (χ4v) is 3.26. The van der Waals surface area contributed by atoms with Gasteiger partial charge in [0.05, 0.1) is 4.90 Å². The van der Waals surface area contributed by atoms with Crippen molar-refractivity contribution in [2.24, 2.45) is 0 Å². The van der Waals surface area contributed by atoms with E-state index in [4.69, 9.17) is 0 Å². The molecule has 0 saturated heterocycles. The number of rotatable bonds is 3. The fraction of sp³-hybridized carbons (Fsp3) is 0.118. The van der Waals surface area contributed by atoms with Crippen molar-refractivity contribution in [3.05, 3.63) is 64.9 Å². The summed E-state index contributed by atoms with van der Waals surface area (Å²) in [5.74, 6) is 0.108. The minimum atomic E-state index is -4.60. The van der Waals surface area contributed by atoms with E-state index in [0.29, 0.717) is 11.3 Å². The van der Waals surface area contributed by atoms with E-state index in [1.54, 1.807) is 24.3 Å². The Morgan fingerprint density at radius 3 is 2.08 bits per heavy atom. The summed E-state index contributed by atoms with van der Waals surface area (Å²) in [6.07, 6.45) is -2.64. The zero-order chi connectivity index (χ0) is 19.1. The van der Waals surface area contributed by atoms with Crippen LogP contribution in [0.5, 0.6) is 0 Å². The minimum absolute atomic E-state index is 0.0857. The summed E-state index contributed by atoms with van der Waals surface area (Å²) in [6, 6.07) is 12.3. The summed E-state index contributed by atoms with van der Waals surface area (Å²) in [5.41, 5.74) is -0.156. The molecule has 0 aliphatic carbocycles. The Morgan fingerprint density at radius 2 is 1.58 bits per heavy atom. The second kappa shape index (κ2) is 6.55. The average Bonchev–Trinajstić information content (AvgIpc) is 3.00. The molecule has 1 aromatic heterocycles. The van der Waals surface area contributed by atoms with Crippen molar-refractivity contribution in [1.82, 2.24) is 9.55 Å². The van der Waals surface area contributed by atoms with Gasteiger partial charge in [-0.1, -0.05) is 28.1 Å². The van der Waals surface area contributed by atoms with Crippen LogP contribution < -0.4 is 0 Å². The van der Waals surface area contributed by atoms with Gasteiger partial charge in [0.2, 0.25) is 0 Å². The normalized spacial score (nSPS) is 12.3. The number of benzene rings is 2. The number of hydrogen-bond acceptors (Lipinski definition) is 3. The van der Waals surface area contributed by atoms with E-state index in [1.807, 2.05) is 0 Å². The quantitative estimate of drug-likeness (QED) is 0.586. The number of hydrogen-bond donors (Lipinski definition) is 0. The van der Waals surface area contributed by atoms with Crippen LogP contribution in [0.25, 0.3) is 17.1 Å². The number of nitrogens with zero attached hydrogens (tertiary/aromatic N) is 2. The van der Waals surface area contributed by atoms with Crippen LogP contribution in [0, 0.1) is 0 Å². The van der Waals surface area contributed by atoms with Gasteiger partial charge < -0.3 is 0 Å². The molecule has 0 atom stereocenters. The smallest absolute Gasteiger partial charge is 0.299 e. The topological polar surface area (TPSA) is 52.0 Å². The largest absolute Gasteiger partial charge is 0.434 e.